The van der Waals surface area contributed by atoms with E-state index < -0.39 is 23.3 Å². The van der Waals surface area contributed by atoms with Crippen LogP contribution in [0.3, 0.4) is 0 Å². The number of hydrogen-bond acceptors (Lipinski definition) is 1. The third-order valence-electron chi connectivity index (χ3n) is 9.11. The molecule has 1 saturated carbocycles. The first-order chi connectivity index (χ1) is 16.8. The van der Waals surface area contributed by atoms with Crippen LogP contribution in [-0.4, -0.2) is 12.7 Å². The zero-order chi connectivity index (χ0) is 24.9. The third-order valence-corrected chi connectivity index (χ3v) is 9.11. The molecule has 2 aliphatic carbocycles. The molecule has 35 heavy (non-hydrogen) atoms. The lowest BCUT2D eigenvalue weighted by molar-refractivity contribution is -0.0282. The summed E-state index contributed by atoms with van der Waals surface area (Å²) in [6.45, 7) is 6.82. The second-order valence-corrected chi connectivity index (χ2v) is 11.0. The monoisotopic (exact) mass is 488 g/mol. The SMILES string of the molecule is CCC(CC)c1cc2c(c(F)c1F)-c1c(cc(C3CCC(C4CCC(C)OC4)CC3)c(F)c1F)C2. The first-order valence-electron chi connectivity index (χ1n) is 13.5. The van der Waals surface area contributed by atoms with Gasteiger partial charge in [-0.05, 0) is 111 Å². The fourth-order valence-corrected chi connectivity index (χ4v) is 6.93. The predicted molar refractivity (Wildman–Crippen MR) is 131 cm³/mol. The summed E-state index contributed by atoms with van der Waals surface area (Å²) < 4.78 is 66.9. The molecule has 2 atom stereocenters. The van der Waals surface area contributed by atoms with Gasteiger partial charge in [0.25, 0.3) is 0 Å². The third kappa shape index (κ3) is 4.32. The molecule has 3 aliphatic rings. The van der Waals surface area contributed by atoms with Crippen molar-refractivity contribution in [2.75, 3.05) is 6.61 Å². The summed E-state index contributed by atoms with van der Waals surface area (Å²) in [4.78, 5) is 0. The smallest absolute Gasteiger partial charge is 0.167 e. The molecule has 2 unspecified atom stereocenters. The molecule has 1 saturated heterocycles. The van der Waals surface area contributed by atoms with Crippen LogP contribution in [0.1, 0.15) is 106 Å². The van der Waals surface area contributed by atoms with Crippen LogP contribution < -0.4 is 0 Å². The van der Waals surface area contributed by atoms with Gasteiger partial charge in [-0.2, -0.15) is 0 Å². The van der Waals surface area contributed by atoms with Crippen LogP contribution in [0.5, 0.6) is 0 Å². The Morgan fingerprint density at radius 1 is 0.771 bits per heavy atom. The average Bonchev–Trinajstić information content (AvgIpc) is 3.24. The van der Waals surface area contributed by atoms with Gasteiger partial charge < -0.3 is 4.74 Å². The largest absolute Gasteiger partial charge is 0.378 e. The highest BCUT2D eigenvalue weighted by molar-refractivity contribution is 5.79. The van der Waals surface area contributed by atoms with Crippen LogP contribution in [0, 0.1) is 35.1 Å². The van der Waals surface area contributed by atoms with Crippen molar-refractivity contribution in [3.05, 3.63) is 57.7 Å². The van der Waals surface area contributed by atoms with Crippen LogP contribution in [0.2, 0.25) is 0 Å². The summed E-state index contributed by atoms with van der Waals surface area (Å²) in [7, 11) is 0. The quantitative estimate of drug-likeness (QED) is 0.326. The van der Waals surface area contributed by atoms with E-state index in [0.29, 0.717) is 59.5 Å². The van der Waals surface area contributed by atoms with Gasteiger partial charge in [0.1, 0.15) is 0 Å². The molecule has 1 nitrogen and oxygen atoms in total. The summed E-state index contributed by atoms with van der Waals surface area (Å²) in [5, 5.41) is 0. The summed E-state index contributed by atoms with van der Waals surface area (Å²) in [6.07, 6.45) is 7.92. The molecule has 2 fully saturated rings. The Bertz CT molecular complexity index is 1090. The first kappa shape index (κ1) is 24.8. The molecule has 5 rings (SSSR count). The molecule has 1 aliphatic heterocycles. The number of halogens is 4. The van der Waals surface area contributed by atoms with E-state index in [4.69, 9.17) is 4.74 Å². The van der Waals surface area contributed by atoms with E-state index in [0.717, 1.165) is 38.7 Å². The number of fused-ring (bicyclic) bond motifs is 3. The Morgan fingerprint density at radius 2 is 1.37 bits per heavy atom. The van der Waals surface area contributed by atoms with E-state index in [-0.39, 0.29) is 23.0 Å². The maximum absolute atomic E-state index is 15.4. The van der Waals surface area contributed by atoms with Crippen molar-refractivity contribution in [3.8, 4) is 11.1 Å². The van der Waals surface area contributed by atoms with E-state index in [1.54, 1.807) is 12.1 Å². The number of hydrogen-bond donors (Lipinski definition) is 0. The standard InChI is InChI=1S/C30H36F4O/c1-4-17(5-2)23-13-21-12-22-14-24(28(32)30(34)26(22)25(21)29(33)27(23)31)19-10-8-18(9-11-19)20-7-6-16(3)35-15-20/h13-14,16-20H,4-12,15H2,1-3H3. The second kappa shape index (κ2) is 9.88. The molecule has 0 radical (unpaired) electrons. The fraction of sp³-hybridized carbons (Fsp3) is 0.600. The molecule has 0 bridgehead atoms. The van der Waals surface area contributed by atoms with Gasteiger partial charge in [0.2, 0.25) is 0 Å². The minimum absolute atomic E-state index is 0.0418. The molecule has 0 spiro atoms. The Balaban J connectivity index is 1.41. The van der Waals surface area contributed by atoms with E-state index >= 15 is 13.2 Å². The van der Waals surface area contributed by atoms with E-state index in [1.165, 1.54) is 6.42 Å². The normalized spacial score (nSPS) is 26.2. The van der Waals surface area contributed by atoms with E-state index in [2.05, 4.69) is 6.92 Å². The summed E-state index contributed by atoms with van der Waals surface area (Å²) in [6, 6.07) is 3.42. The highest BCUT2D eigenvalue weighted by Gasteiger charge is 2.36. The Kier molecular flexibility index (Phi) is 7.00. The van der Waals surface area contributed by atoms with Crippen molar-refractivity contribution >= 4 is 0 Å². The zero-order valence-corrected chi connectivity index (χ0v) is 21.0. The number of rotatable bonds is 5. The van der Waals surface area contributed by atoms with Crippen LogP contribution >= 0.6 is 0 Å². The Hall–Kier alpha value is -1.88. The van der Waals surface area contributed by atoms with Crippen molar-refractivity contribution in [1.29, 1.82) is 0 Å². The molecule has 2 aromatic carbocycles. The molecule has 0 amide bonds. The average molecular weight is 489 g/mol. The lowest BCUT2D eigenvalue weighted by atomic mass is 9.72. The van der Waals surface area contributed by atoms with Crippen LogP contribution in [-0.2, 0) is 11.2 Å². The molecule has 0 N–H and O–H groups in total. The van der Waals surface area contributed by atoms with Crippen LogP contribution in [0.25, 0.3) is 11.1 Å². The molecular weight excluding hydrogens is 452 g/mol. The summed E-state index contributed by atoms with van der Waals surface area (Å²) in [5.41, 5.74) is 1.71. The van der Waals surface area contributed by atoms with Gasteiger partial charge in [-0.3, -0.25) is 0 Å². The lowest BCUT2D eigenvalue weighted by Crippen LogP contribution is -2.31. The van der Waals surface area contributed by atoms with Gasteiger partial charge in [-0.15, -0.1) is 0 Å². The highest BCUT2D eigenvalue weighted by atomic mass is 19.2. The summed E-state index contributed by atoms with van der Waals surface area (Å²) >= 11 is 0. The first-order valence-corrected chi connectivity index (χ1v) is 13.5. The van der Waals surface area contributed by atoms with Crippen molar-refractivity contribution in [2.24, 2.45) is 11.8 Å². The molecule has 2 aromatic rings. The number of benzene rings is 2. The van der Waals surface area contributed by atoms with Gasteiger partial charge >= 0.3 is 0 Å². The maximum atomic E-state index is 15.4. The maximum Gasteiger partial charge on any atom is 0.167 e. The topological polar surface area (TPSA) is 9.23 Å². The number of ether oxygens (including phenoxy) is 1. The molecule has 0 aromatic heterocycles. The summed E-state index contributed by atoms with van der Waals surface area (Å²) in [5.74, 6) is -2.88. The second-order valence-electron chi connectivity index (χ2n) is 11.0. The van der Waals surface area contributed by atoms with Crippen LogP contribution in [0.15, 0.2) is 12.1 Å². The van der Waals surface area contributed by atoms with Gasteiger partial charge in [0.05, 0.1) is 12.7 Å². The van der Waals surface area contributed by atoms with Crippen molar-refractivity contribution < 1.29 is 22.3 Å². The zero-order valence-electron chi connectivity index (χ0n) is 21.0. The lowest BCUT2D eigenvalue weighted by Gasteiger charge is -2.37. The van der Waals surface area contributed by atoms with Crippen molar-refractivity contribution in [2.45, 2.75) is 96.5 Å². The molecular formula is C30H36F4O. The Morgan fingerprint density at radius 3 is 1.97 bits per heavy atom. The van der Waals surface area contributed by atoms with Gasteiger partial charge in [-0.1, -0.05) is 26.0 Å². The fourth-order valence-electron chi connectivity index (χ4n) is 6.93. The van der Waals surface area contributed by atoms with Crippen molar-refractivity contribution in [3.63, 3.8) is 0 Å². The predicted octanol–water partition coefficient (Wildman–Crippen LogP) is 8.81. The van der Waals surface area contributed by atoms with Crippen LogP contribution in [0.4, 0.5) is 17.6 Å². The highest BCUT2D eigenvalue weighted by Crippen LogP contribution is 2.48. The molecule has 190 valence electrons. The van der Waals surface area contributed by atoms with Gasteiger partial charge in [0, 0.05) is 11.1 Å². The minimum atomic E-state index is -1.04. The van der Waals surface area contributed by atoms with Gasteiger partial charge in [-0.25, -0.2) is 17.6 Å². The minimum Gasteiger partial charge on any atom is -0.378 e. The molecule has 5 heteroatoms. The molecule has 1 heterocycles. The van der Waals surface area contributed by atoms with Gasteiger partial charge in [0.15, 0.2) is 23.3 Å². The van der Waals surface area contributed by atoms with E-state index in [1.807, 2.05) is 13.8 Å². The van der Waals surface area contributed by atoms with E-state index in [9.17, 15) is 4.39 Å². The Labute approximate surface area is 206 Å². The van der Waals surface area contributed by atoms with Crippen molar-refractivity contribution in [1.82, 2.24) is 0 Å².